The van der Waals surface area contributed by atoms with Gasteiger partial charge in [0.1, 0.15) is 5.82 Å². The molecule has 0 bridgehead atoms. The van der Waals surface area contributed by atoms with E-state index in [0.29, 0.717) is 5.69 Å². The van der Waals surface area contributed by atoms with Gasteiger partial charge >= 0.3 is 12.1 Å². The maximum atomic E-state index is 12.9. The van der Waals surface area contributed by atoms with Crippen molar-refractivity contribution >= 4 is 11.6 Å². The molecular formula is C13H11F4N3O2. The molecule has 0 saturated heterocycles. The molecule has 0 aliphatic carbocycles. The highest BCUT2D eigenvalue weighted by atomic mass is 19.4. The van der Waals surface area contributed by atoms with Crippen molar-refractivity contribution < 1.29 is 26.9 Å². The molecule has 0 aliphatic rings. The molecule has 2 rings (SSSR count). The normalized spacial score (nSPS) is 11.5. The minimum Gasteiger partial charge on any atom is -0.329 e. The Morgan fingerprint density at radius 1 is 1.32 bits per heavy atom. The summed E-state index contributed by atoms with van der Waals surface area (Å²) in [5.41, 5.74) is 0.309. The van der Waals surface area contributed by atoms with Gasteiger partial charge in [-0.15, -0.1) is 0 Å². The highest BCUT2D eigenvalue weighted by Gasteiger charge is 2.38. The van der Waals surface area contributed by atoms with E-state index in [1.807, 2.05) is 0 Å². The third-order valence-electron chi connectivity index (χ3n) is 2.62. The van der Waals surface area contributed by atoms with Crippen molar-refractivity contribution in [2.24, 2.45) is 0 Å². The maximum Gasteiger partial charge on any atom is 0.471 e. The third kappa shape index (κ3) is 4.54. The zero-order chi connectivity index (χ0) is 16.2. The Kier molecular flexibility index (Phi) is 4.74. The number of amides is 1. The molecule has 0 aliphatic heterocycles. The Bertz CT molecular complexity index is 655. The lowest BCUT2D eigenvalue weighted by molar-refractivity contribution is -0.159. The predicted octanol–water partition coefficient (Wildman–Crippen LogP) is 3.19. The van der Waals surface area contributed by atoms with Gasteiger partial charge in [-0.05, 0) is 24.6 Å². The fourth-order valence-electron chi connectivity index (χ4n) is 1.67. The minimum absolute atomic E-state index is 0.0341. The summed E-state index contributed by atoms with van der Waals surface area (Å²) in [6.07, 6.45) is -4.35. The van der Waals surface area contributed by atoms with Crippen molar-refractivity contribution in [3.63, 3.8) is 0 Å². The summed E-state index contributed by atoms with van der Waals surface area (Å²) in [5, 5.41) is 5.66. The lowest BCUT2D eigenvalue weighted by Gasteiger charge is -2.04. The fourth-order valence-corrected chi connectivity index (χ4v) is 1.67. The summed E-state index contributed by atoms with van der Waals surface area (Å²) in [4.78, 5) is 14.8. The van der Waals surface area contributed by atoms with Crippen LogP contribution in [0.5, 0.6) is 0 Å². The van der Waals surface area contributed by atoms with Gasteiger partial charge < -0.3 is 9.84 Å². The molecule has 1 aromatic heterocycles. The quantitative estimate of drug-likeness (QED) is 0.860. The Labute approximate surface area is 122 Å². The number of rotatable bonds is 5. The first-order valence-electron chi connectivity index (χ1n) is 6.30. The van der Waals surface area contributed by atoms with Crippen molar-refractivity contribution in [1.29, 1.82) is 0 Å². The van der Waals surface area contributed by atoms with Crippen LogP contribution in [0.4, 0.5) is 23.2 Å². The van der Waals surface area contributed by atoms with Gasteiger partial charge in [-0.3, -0.25) is 4.79 Å². The van der Waals surface area contributed by atoms with E-state index in [1.54, 1.807) is 0 Å². The zero-order valence-electron chi connectivity index (χ0n) is 11.2. The van der Waals surface area contributed by atoms with Crippen LogP contribution in [0, 0.1) is 5.82 Å². The number of hydrogen-bond acceptors (Lipinski definition) is 4. The summed E-state index contributed by atoms with van der Waals surface area (Å²) in [6.45, 7) is 0. The van der Waals surface area contributed by atoms with E-state index in [9.17, 15) is 22.4 Å². The van der Waals surface area contributed by atoms with Gasteiger partial charge in [0.05, 0.1) is 0 Å². The number of carbonyl (C=O) groups excluding carboxylic acids is 1. The molecule has 0 atom stereocenters. The van der Waals surface area contributed by atoms with E-state index in [-0.39, 0.29) is 31.0 Å². The van der Waals surface area contributed by atoms with Gasteiger partial charge in [0.25, 0.3) is 0 Å². The summed E-state index contributed by atoms with van der Waals surface area (Å²) in [6, 6.07) is 5.37. The first-order valence-corrected chi connectivity index (χ1v) is 6.30. The fraction of sp³-hybridized carbons (Fsp3) is 0.308. The number of nitrogens with one attached hydrogen (secondary N) is 1. The summed E-state index contributed by atoms with van der Waals surface area (Å²) in [7, 11) is 0. The van der Waals surface area contributed by atoms with Crippen molar-refractivity contribution in [3.8, 4) is 0 Å². The lowest BCUT2D eigenvalue weighted by Crippen LogP contribution is -2.11. The second-order valence-corrected chi connectivity index (χ2v) is 4.43. The number of benzene rings is 1. The van der Waals surface area contributed by atoms with Crippen LogP contribution in [-0.4, -0.2) is 16.0 Å². The van der Waals surface area contributed by atoms with E-state index in [0.717, 1.165) is 6.07 Å². The first kappa shape index (κ1) is 15.9. The number of nitrogens with zero attached hydrogens (tertiary/aromatic N) is 2. The Hall–Kier alpha value is -2.45. The van der Waals surface area contributed by atoms with Gasteiger partial charge in [-0.2, -0.15) is 18.2 Å². The predicted molar refractivity (Wildman–Crippen MR) is 67.3 cm³/mol. The minimum atomic E-state index is -4.68. The largest absolute Gasteiger partial charge is 0.471 e. The number of aryl methyl sites for hydroxylation is 1. The standard InChI is InChI=1S/C13H11F4N3O2/c14-8-3-1-4-9(7-8)18-11(21)6-2-5-10-19-12(22-20-10)13(15,16)17/h1,3-4,7H,2,5-6H2,(H,18,21). The van der Waals surface area contributed by atoms with Crippen LogP contribution in [0.25, 0.3) is 0 Å². The first-order chi connectivity index (χ1) is 10.3. The number of carbonyl (C=O) groups is 1. The van der Waals surface area contributed by atoms with Crippen molar-refractivity contribution in [1.82, 2.24) is 10.1 Å². The molecule has 9 heteroatoms. The Morgan fingerprint density at radius 3 is 2.73 bits per heavy atom. The molecule has 0 fully saturated rings. The molecule has 1 aromatic carbocycles. The Morgan fingerprint density at radius 2 is 2.09 bits per heavy atom. The second kappa shape index (κ2) is 6.54. The third-order valence-corrected chi connectivity index (χ3v) is 2.62. The molecule has 2 aromatic rings. The van der Waals surface area contributed by atoms with Crippen LogP contribution in [-0.2, 0) is 17.4 Å². The van der Waals surface area contributed by atoms with Crippen LogP contribution in [0.2, 0.25) is 0 Å². The summed E-state index contributed by atoms with van der Waals surface area (Å²) < 4.78 is 53.7. The molecule has 5 nitrogen and oxygen atoms in total. The van der Waals surface area contributed by atoms with Crippen LogP contribution in [0.3, 0.4) is 0 Å². The number of aromatic nitrogens is 2. The summed E-state index contributed by atoms with van der Waals surface area (Å²) >= 11 is 0. The van der Waals surface area contributed by atoms with E-state index >= 15 is 0 Å². The molecule has 0 radical (unpaired) electrons. The van der Waals surface area contributed by atoms with Crippen LogP contribution >= 0.6 is 0 Å². The molecule has 1 heterocycles. The van der Waals surface area contributed by atoms with E-state index in [1.165, 1.54) is 18.2 Å². The maximum absolute atomic E-state index is 12.9. The number of anilines is 1. The average molecular weight is 317 g/mol. The monoisotopic (exact) mass is 317 g/mol. The second-order valence-electron chi connectivity index (χ2n) is 4.43. The van der Waals surface area contributed by atoms with Crippen LogP contribution in [0.1, 0.15) is 24.6 Å². The molecule has 22 heavy (non-hydrogen) atoms. The molecule has 1 amide bonds. The molecule has 0 saturated carbocycles. The van der Waals surface area contributed by atoms with Crippen LogP contribution < -0.4 is 5.32 Å². The zero-order valence-corrected chi connectivity index (χ0v) is 11.2. The molecule has 1 N–H and O–H groups in total. The van der Waals surface area contributed by atoms with Crippen LogP contribution in [0.15, 0.2) is 28.8 Å². The number of hydrogen-bond donors (Lipinski definition) is 1. The van der Waals surface area contributed by atoms with E-state index in [2.05, 4.69) is 20.0 Å². The smallest absolute Gasteiger partial charge is 0.329 e. The van der Waals surface area contributed by atoms with Crippen molar-refractivity contribution in [3.05, 3.63) is 41.8 Å². The topological polar surface area (TPSA) is 68.0 Å². The SMILES string of the molecule is O=C(CCCc1noc(C(F)(F)F)n1)Nc1cccc(F)c1. The molecule has 0 spiro atoms. The number of halogens is 4. The molecule has 118 valence electrons. The van der Waals surface area contributed by atoms with Gasteiger partial charge in [0.2, 0.25) is 5.91 Å². The van der Waals surface area contributed by atoms with Gasteiger partial charge in [-0.25, -0.2) is 4.39 Å². The van der Waals surface area contributed by atoms with Gasteiger partial charge in [-0.1, -0.05) is 11.2 Å². The lowest BCUT2D eigenvalue weighted by atomic mass is 10.2. The van der Waals surface area contributed by atoms with Gasteiger partial charge in [0.15, 0.2) is 5.82 Å². The average Bonchev–Trinajstić information content (AvgIpc) is 2.87. The van der Waals surface area contributed by atoms with E-state index in [4.69, 9.17) is 0 Å². The van der Waals surface area contributed by atoms with Crippen molar-refractivity contribution in [2.75, 3.05) is 5.32 Å². The highest BCUT2D eigenvalue weighted by Crippen LogP contribution is 2.27. The summed E-state index contributed by atoms with van der Waals surface area (Å²) in [5.74, 6) is -2.40. The molecular weight excluding hydrogens is 306 g/mol. The van der Waals surface area contributed by atoms with Crippen molar-refractivity contribution in [2.45, 2.75) is 25.4 Å². The van der Waals surface area contributed by atoms with E-state index < -0.39 is 17.9 Å². The highest BCUT2D eigenvalue weighted by molar-refractivity contribution is 5.90. The number of alkyl halides is 3. The molecule has 0 unspecified atom stereocenters. The van der Waals surface area contributed by atoms with Gasteiger partial charge in [0, 0.05) is 18.5 Å². The Balaban J connectivity index is 1.79.